The third kappa shape index (κ3) is 3.69. The molecule has 0 saturated heterocycles. The van der Waals surface area contributed by atoms with Crippen LogP contribution in [0.5, 0.6) is 0 Å². The van der Waals surface area contributed by atoms with Crippen molar-refractivity contribution >= 4 is 5.97 Å². The molecule has 1 fully saturated rings. The summed E-state index contributed by atoms with van der Waals surface area (Å²) in [7, 11) is 0. The average molecular weight is 382 g/mol. The second-order valence-corrected chi connectivity index (χ2v) is 7.69. The molecule has 1 atom stereocenters. The minimum Gasteiger partial charge on any atom is -0.480 e. The van der Waals surface area contributed by atoms with Crippen LogP contribution in [0.1, 0.15) is 44.7 Å². The quantitative estimate of drug-likeness (QED) is 0.798. The maximum Gasteiger partial charge on any atom is 0.394 e. The van der Waals surface area contributed by atoms with Gasteiger partial charge in [-0.25, -0.2) is 4.79 Å². The Kier molecular flexibility index (Phi) is 4.54. The van der Waals surface area contributed by atoms with E-state index in [1.807, 2.05) is 0 Å². The third-order valence-corrected chi connectivity index (χ3v) is 4.95. The molecule has 27 heavy (non-hydrogen) atoms. The van der Waals surface area contributed by atoms with Crippen LogP contribution in [0.2, 0.25) is 0 Å². The van der Waals surface area contributed by atoms with E-state index in [0.29, 0.717) is 17.3 Å². The molecule has 0 radical (unpaired) electrons. The number of aromatic nitrogens is 3. The normalized spacial score (nSPS) is 17.6. The fraction of sp³-hybridized carbons (Fsp3) is 0.500. The number of rotatable bonds is 6. The minimum atomic E-state index is -4.58. The maximum atomic E-state index is 13.2. The first kappa shape index (κ1) is 19.3. The predicted octanol–water partition coefficient (Wildman–Crippen LogP) is 3.50. The van der Waals surface area contributed by atoms with Gasteiger partial charge in [-0.05, 0) is 24.8 Å². The lowest BCUT2D eigenvalue weighted by molar-refractivity contribution is -0.219. The molecule has 1 unspecified atom stereocenters. The lowest BCUT2D eigenvalue weighted by Gasteiger charge is -2.36. The highest BCUT2D eigenvalue weighted by atomic mass is 19.4. The molecule has 1 aromatic carbocycles. The molecule has 3 N–H and O–H groups in total. The largest absolute Gasteiger partial charge is 0.480 e. The molecule has 1 heterocycles. The van der Waals surface area contributed by atoms with E-state index in [-0.39, 0.29) is 5.56 Å². The molecule has 0 bridgehead atoms. The number of nitrogens with zero attached hydrogens (tertiary/aromatic N) is 3. The molecular formula is C18H21F3N4O2. The Labute approximate surface area is 154 Å². The number of hydrogen-bond donors (Lipinski definition) is 2. The summed E-state index contributed by atoms with van der Waals surface area (Å²) in [5.41, 5.74) is 2.94. The smallest absolute Gasteiger partial charge is 0.394 e. The molecule has 6 nitrogen and oxygen atoms in total. The van der Waals surface area contributed by atoms with E-state index in [9.17, 15) is 23.1 Å². The fourth-order valence-corrected chi connectivity index (χ4v) is 2.93. The van der Waals surface area contributed by atoms with Crippen LogP contribution in [0.4, 0.5) is 13.2 Å². The van der Waals surface area contributed by atoms with Gasteiger partial charge in [0.05, 0.1) is 17.7 Å². The Balaban J connectivity index is 1.88. The van der Waals surface area contributed by atoms with Gasteiger partial charge in [-0.15, -0.1) is 0 Å². The molecule has 2 aromatic rings. The highest BCUT2D eigenvalue weighted by Crippen LogP contribution is 2.45. The standard InChI is InChI=1S/C18H21F3N4O2/c1-16(2,18(19,20)21)10-17(22,15(26)27)12-5-3-11(4-6-12)14-9-23-25(24-14)13-7-8-13/h3-6,9,13H,7-8,10,22H2,1-2H3,(H,26,27). The van der Waals surface area contributed by atoms with E-state index in [1.165, 1.54) is 12.1 Å². The molecule has 1 aliphatic rings. The van der Waals surface area contributed by atoms with Gasteiger partial charge in [-0.2, -0.15) is 28.2 Å². The van der Waals surface area contributed by atoms with Gasteiger partial charge < -0.3 is 10.8 Å². The van der Waals surface area contributed by atoms with Crippen LogP contribution >= 0.6 is 0 Å². The SMILES string of the molecule is CC(C)(CC(N)(C(=O)O)c1ccc(-c2cnn(C3CC3)n2)cc1)C(F)(F)F. The van der Waals surface area contributed by atoms with Gasteiger partial charge >= 0.3 is 12.1 Å². The van der Waals surface area contributed by atoms with Crippen LogP contribution in [0.15, 0.2) is 30.5 Å². The number of benzene rings is 1. The summed E-state index contributed by atoms with van der Waals surface area (Å²) in [4.78, 5) is 13.4. The third-order valence-electron chi connectivity index (χ3n) is 4.95. The highest BCUT2D eigenvalue weighted by Gasteiger charge is 2.53. The van der Waals surface area contributed by atoms with Crippen molar-refractivity contribution in [3.63, 3.8) is 0 Å². The molecule has 146 valence electrons. The number of carboxylic acid groups (broad SMARTS) is 1. The monoisotopic (exact) mass is 382 g/mol. The van der Waals surface area contributed by atoms with E-state index >= 15 is 0 Å². The minimum absolute atomic E-state index is 0.102. The van der Waals surface area contributed by atoms with Crippen molar-refractivity contribution in [1.29, 1.82) is 0 Å². The lowest BCUT2D eigenvalue weighted by atomic mass is 9.74. The number of halogens is 3. The van der Waals surface area contributed by atoms with Crippen LogP contribution in [0.3, 0.4) is 0 Å². The first-order chi connectivity index (χ1) is 12.4. The van der Waals surface area contributed by atoms with E-state index in [0.717, 1.165) is 26.7 Å². The van der Waals surface area contributed by atoms with Crippen LogP contribution in [-0.4, -0.2) is 32.2 Å². The van der Waals surface area contributed by atoms with Crippen molar-refractivity contribution in [2.45, 2.75) is 50.9 Å². The molecule has 1 aliphatic carbocycles. The summed E-state index contributed by atoms with van der Waals surface area (Å²) in [6, 6.07) is 6.40. The number of carbonyl (C=O) groups is 1. The summed E-state index contributed by atoms with van der Waals surface area (Å²) in [6.07, 6.45) is -1.68. The fourth-order valence-electron chi connectivity index (χ4n) is 2.93. The van der Waals surface area contributed by atoms with Crippen LogP contribution in [-0.2, 0) is 10.3 Å². The van der Waals surface area contributed by atoms with Crippen molar-refractivity contribution in [1.82, 2.24) is 15.0 Å². The number of aliphatic carboxylic acids is 1. The van der Waals surface area contributed by atoms with E-state index < -0.39 is 29.5 Å². The van der Waals surface area contributed by atoms with Crippen LogP contribution < -0.4 is 5.73 Å². The molecule has 1 aromatic heterocycles. The zero-order valence-electron chi connectivity index (χ0n) is 15.0. The van der Waals surface area contributed by atoms with Gasteiger partial charge in [-0.3, -0.25) is 0 Å². The Hall–Kier alpha value is -2.42. The Morgan fingerprint density at radius 1 is 1.26 bits per heavy atom. The molecule has 3 rings (SSSR count). The zero-order valence-corrected chi connectivity index (χ0v) is 15.0. The second-order valence-electron chi connectivity index (χ2n) is 7.69. The summed E-state index contributed by atoms with van der Waals surface area (Å²) in [5.74, 6) is -1.51. The Morgan fingerprint density at radius 3 is 2.33 bits per heavy atom. The predicted molar refractivity (Wildman–Crippen MR) is 91.7 cm³/mol. The number of hydrogen-bond acceptors (Lipinski definition) is 4. The van der Waals surface area contributed by atoms with E-state index in [2.05, 4.69) is 10.2 Å². The first-order valence-corrected chi connectivity index (χ1v) is 8.56. The maximum absolute atomic E-state index is 13.2. The molecule has 0 spiro atoms. The molecule has 1 saturated carbocycles. The average Bonchev–Trinajstić information content (AvgIpc) is 3.30. The molecule has 0 aliphatic heterocycles. The van der Waals surface area contributed by atoms with Gasteiger partial charge in [0, 0.05) is 5.56 Å². The van der Waals surface area contributed by atoms with Crippen molar-refractivity contribution in [2.24, 2.45) is 11.1 Å². The summed E-state index contributed by atoms with van der Waals surface area (Å²) in [6.45, 7) is 1.89. The van der Waals surface area contributed by atoms with Crippen molar-refractivity contribution < 1.29 is 23.1 Å². The van der Waals surface area contributed by atoms with Crippen molar-refractivity contribution in [3.05, 3.63) is 36.0 Å². The van der Waals surface area contributed by atoms with E-state index in [1.54, 1.807) is 23.1 Å². The topological polar surface area (TPSA) is 94.0 Å². The lowest BCUT2D eigenvalue weighted by Crippen LogP contribution is -2.51. The van der Waals surface area contributed by atoms with Crippen molar-refractivity contribution in [2.75, 3.05) is 0 Å². The van der Waals surface area contributed by atoms with Gasteiger partial charge in [-0.1, -0.05) is 38.1 Å². The molecular weight excluding hydrogens is 361 g/mol. The second kappa shape index (κ2) is 6.33. The summed E-state index contributed by atoms with van der Waals surface area (Å²) < 4.78 is 39.7. The van der Waals surface area contributed by atoms with E-state index in [4.69, 9.17) is 5.73 Å². The molecule has 0 amide bonds. The van der Waals surface area contributed by atoms with Crippen molar-refractivity contribution in [3.8, 4) is 11.3 Å². The van der Waals surface area contributed by atoms with Gasteiger partial charge in [0.2, 0.25) is 0 Å². The number of carboxylic acids is 1. The van der Waals surface area contributed by atoms with Gasteiger partial charge in [0.1, 0.15) is 11.2 Å². The summed E-state index contributed by atoms with van der Waals surface area (Å²) in [5, 5.41) is 18.1. The van der Waals surface area contributed by atoms with Gasteiger partial charge in [0.15, 0.2) is 0 Å². The Morgan fingerprint density at radius 2 is 1.85 bits per heavy atom. The zero-order chi connectivity index (χ0) is 20.0. The number of nitrogens with two attached hydrogens (primary N) is 1. The Bertz CT molecular complexity index is 841. The highest BCUT2D eigenvalue weighted by molar-refractivity contribution is 5.81. The summed E-state index contributed by atoms with van der Waals surface area (Å²) >= 11 is 0. The molecule has 9 heteroatoms. The first-order valence-electron chi connectivity index (χ1n) is 8.56. The van der Waals surface area contributed by atoms with Crippen LogP contribution in [0, 0.1) is 5.41 Å². The van der Waals surface area contributed by atoms with Gasteiger partial charge in [0.25, 0.3) is 0 Å². The van der Waals surface area contributed by atoms with Crippen LogP contribution in [0.25, 0.3) is 11.3 Å². The number of alkyl halides is 3.